The molecule has 0 aliphatic carbocycles. The number of carbonyl (C=O) groups excluding carboxylic acids is 2. The van der Waals surface area contributed by atoms with Gasteiger partial charge < -0.3 is 15.2 Å². The Morgan fingerprint density at radius 1 is 0.915 bits per heavy atom. The van der Waals surface area contributed by atoms with E-state index in [0.29, 0.717) is 28.5 Å². The van der Waals surface area contributed by atoms with Crippen LogP contribution in [0.15, 0.2) is 89.5 Å². The fraction of sp³-hybridized carbons (Fsp3) is 0.316. The van der Waals surface area contributed by atoms with Crippen molar-refractivity contribution in [2.24, 2.45) is 5.92 Å². The standard InChI is InChI=1S/C38H42N6O3/c1-24-14-16-30(17-15-24)44-32(23-31(42-44)38(3,4)5)41-37(46)40-29-13-9-12-28(22-29)34(26-18-20-39-21-19-26)36(45)33-25(2)47-43-35(33)27-10-7-6-8-11-27/h6-17,22-23,26,34,39H,18-21H2,1-5H3,(H2,40,41,46). The first-order chi connectivity index (χ1) is 22.6. The molecule has 0 radical (unpaired) electrons. The number of nitrogens with zero attached hydrogens (tertiary/aromatic N) is 3. The summed E-state index contributed by atoms with van der Waals surface area (Å²) in [4.78, 5) is 28.0. The van der Waals surface area contributed by atoms with E-state index >= 15 is 0 Å². The van der Waals surface area contributed by atoms with Crippen LogP contribution in [0.1, 0.15) is 72.5 Å². The Kier molecular flexibility index (Phi) is 9.09. The van der Waals surface area contributed by atoms with E-state index in [2.05, 4.69) is 41.9 Å². The summed E-state index contributed by atoms with van der Waals surface area (Å²) in [5.41, 5.74) is 5.98. The van der Waals surface area contributed by atoms with Gasteiger partial charge in [0.2, 0.25) is 0 Å². The smallest absolute Gasteiger partial charge is 0.324 e. The zero-order valence-corrected chi connectivity index (χ0v) is 27.6. The third-order valence-electron chi connectivity index (χ3n) is 8.80. The van der Waals surface area contributed by atoms with E-state index in [1.54, 1.807) is 11.6 Å². The van der Waals surface area contributed by atoms with E-state index in [-0.39, 0.29) is 17.1 Å². The number of aryl methyl sites for hydroxylation is 2. The minimum absolute atomic E-state index is 0.0205. The van der Waals surface area contributed by atoms with E-state index in [4.69, 9.17) is 9.62 Å². The molecule has 1 aliphatic heterocycles. The number of carbonyl (C=O) groups is 2. The Bertz CT molecular complexity index is 1860. The van der Waals surface area contributed by atoms with Crippen molar-refractivity contribution in [1.29, 1.82) is 0 Å². The Morgan fingerprint density at radius 2 is 1.64 bits per heavy atom. The molecule has 3 N–H and O–H groups in total. The van der Waals surface area contributed by atoms with Crippen LogP contribution in [0.25, 0.3) is 16.9 Å². The van der Waals surface area contributed by atoms with Gasteiger partial charge in [0, 0.05) is 22.7 Å². The molecule has 5 aromatic rings. The molecular weight excluding hydrogens is 588 g/mol. The van der Waals surface area contributed by atoms with Gasteiger partial charge in [0.05, 0.1) is 22.9 Å². The first-order valence-corrected chi connectivity index (χ1v) is 16.2. The average Bonchev–Trinajstić information content (AvgIpc) is 3.66. The molecule has 3 aromatic carbocycles. The SMILES string of the molecule is Cc1ccc(-n2nc(C(C)(C)C)cc2NC(=O)Nc2cccc(C(C(=O)c3c(-c4ccccc4)noc3C)C3CCNCC3)c2)cc1. The van der Waals surface area contributed by atoms with Crippen molar-refractivity contribution in [3.63, 3.8) is 0 Å². The van der Waals surface area contributed by atoms with Gasteiger partial charge in [-0.05, 0) is 75.5 Å². The number of rotatable bonds is 8. The maximum Gasteiger partial charge on any atom is 0.324 e. The molecule has 0 spiro atoms. The largest absolute Gasteiger partial charge is 0.360 e. The number of urea groups is 1. The summed E-state index contributed by atoms with van der Waals surface area (Å²) >= 11 is 0. The number of hydrogen-bond acceptors (Lipinski definition) is 6. The summed E-state index contributed by atoms with van der Waals surface area (Å²) in [5, 5.41) is 18.6. The van der Waals surface area contributed by atoms with Crippen LogP contribution >= 0.6 is 0 Å². The van der Waals surface area contributed by atoms with Crippen LogP contribution in [0, 0.1) is 19.8 Å². The number of Topliss-reactive ketones (excluding diaryl/α,β-unsaturated/α-hetero) is 1. The lowest BCUT2D eigenvalue weighted by molar-refractivity contribution is 0.0915. The van der Waals surface area contributed by atoms with Crippen LogP contribution < -0.4 is 16.0 Å². The third kappa shape index (κ3) is 7.05. The number of nitrogens with one attached hydrogen (secondary N) is 3. The third-order valence-corrected chi connectivity index (χ3v) is 8.80. The Labute approximate surface area is 275 Å². The number of ketones is 1. The van der Waals surface area contributed by atoms with Gasteiger partial charge in [-0.15, -0.1) is 0 Å². The van der Waals surface area contributed by atoms with Gasteiger partial charge in [-0.3, -0.25) is 10.1 Å². The minimum atomic E-state index is -0.431. The van der Waals surface area contributed by atoms with E-state index in [1.165, 1.54) is 0 Å². The second-order valence-electron chi connectivity index (χ2n) is 13.4. The van der Waals surface area contributed by atoms with Crippen LogP contribution in [0.5, 0.6) is 0 Å². The fourth-order valence-electron chi connectivity index (χ4n) is 6.23. The molecule has 3 heterocycles. The topological polar surface area (TPSA) is 114 Å². The Hall–Kier alpha value is -5.02. The Morgan fingerprint density at radius 3 is 2.34 bits per heavy atom. The molecule has 2 amide bonds. The lowest BCUT2D eigenvalue weighted by Gasteiger charge is -2.30. The van der Waals surface area contributed by atoms with E-state index in [1.807, 2.05) is 91.9 Å². The van der Waals surface area contributed by atoms with E-state index < -0.39 is 11.9 Å². The molecule has 9 heteroatoms. The highest BCUT2D eigenvalue weighted by Crippen LogP contribution is 2.38. The monoisotopic (exact) mass is 630 g/mol. The first kappa shape index (κ1) is 31.9. The van der Waals surface area contributed by atoms with E-state index in [0.717, 1.165) is 54.0 Å². The van der Waals surface area contributed by atoms with Crippen molar-refractivity contribution in [3.05, 3.63) is 113 Å². The van der Waals surface area contributed by atoms with Gasteiger partial charge >= 0.3 is 6.03 Å². The number of anilines is 2. The van der Waals surface area contributed by atoms with Crippen LogP contribution in [0.2, 0.25) is 0 Å². The number of hydrogen-bond donors (Lipinski definition) is 3. The van der Waals surface area contributed by atoms with Crippen molar-refractivity contribution in [2.75, 3.05) is 23.7 Å². The molecule has 2 aromatic heterocycles. The molecule has 1 aliphatic rings. The predicted octanol–water partition coefficient (Wildman–Crippen LogP) is 8.05. The van der Waals surface area contributed by atoms with E-state index in [9.17, 15) is 9.59 Å². The normalized spacial score (nSPS) is 14.5. The summed E-state index contributed by atoms with van der Waals surface area (Å²) < 4.78 is 7.35. The summed E-state index contributed by atoms with van der Waals surface area (Å²) in [7, 11) is 0. The van der Waals surface area contributed by atoms with Crippen molar-refractivity contribution < 1.29 is 14.1 Å². The summed E-state index contributed by atoms with van der Waals surface area (Å²) in [6.07, 6.45) is 1.72. The van der Waals surface area contributed by atoms with Gasteiger partial charge in [-0.1, -0.05) is 86.1 Å². The average molecular weight is 631 g/mol. The predicted molar refractivity (Wildman–Crippen MR) is 185 cm³/mol. The van der Waals surface area contributed by atoms with Crippen molar-refractivity contribution in [1.82, 2.24) is 20.3 Å². The van der Waals surface area contributed by atoms with Gasteiger partial charge in [0.25, 0.3) is 0 Å². The number of piperidine rings is 1. The van der Waals surface area contributed by atoms with Crippen LogP contribution in [-0.2, 0) is 5.41 Å². The molecule has 0 bridgehead atoms. The van der Waals surface area contributed by atoms with Crippen molar-refractivity contribution in [3.8, 4) is 16.9 Å². The molecule has 6 rings (SSSR count). The summed E-state index contributed by atoms with van der Waals surface area (Å²) in [6, 6.07) is 26.8. The Balaban J connectivity index is 1.29. The second kappa shape index (κ2) is 13.4. The fourth-order valence-corrected chi connectivity index (χ4v) is 6.23. The highest BCUT2D eigenvalue weighted by molar-refractivity contribution is 6.06. The van der Waals surface area contributed by atoms with Gasteiger partial charge in [0.1, 0.15) is 17.3 Å². The maximum absolute atomic E-state index is 14.5. The maximum atomic E-state index is 14.5. The lowest BCUT2D eigenvalue weighted by atomic mass is 9.75. The van der Waals surface area contributed by atoms with Crippen LogP contribution in [0.3, 0.4) is 0 Å². The highest BCUT2D eigenvalue weighted by atomic mass is 16.5. The number of benzene rings is 3. The second-order valence-corrected chi connectivity index (χ2v) is 13.4. The molecule has 0 saturated carbocycles. The molecule has 1 fully saturated rings. The summed E-state index contributed by atoms with van der Waals surface area (Å²) in [6.45, 7) is 11.8. The molecule has 1 saturated heterocycles. The quantitative estimate of drug-likeness (QED) is 0.150. The van der Waals surface area contributed by atoms with Crippen molar-refractivity contribution >= 4 is 23.3 Å². The van der Waals surface area contributed by atoms with Gasteiger partial charge in [-0.25, -0.2) is 9.48 Å². The zero-order chi connectivity index (χ0) is 33.1. The number of aromatic nitrogens is 3. The van der Waals surface area contributed by atoms with Crippen LogP contribution in [0.4, 0.5) is 16.3 Å². The zero-order valence-electron chi connectivity index (χ0n) is 27.6. The minimum Gasteiger partial charge on any atom is -0.360 e. The molecule has 242 valence electrons. The molecule has 1 unspecified atom stereocenters. The number of amides is 2. The highest BCUT2D eigenvalue weighted by Gasteiger charge is 2.35. The first-order valence-electron chi connectivity index (χ1n) is 16.2. The molecule has 47 heavy (non-hydrogen) atoms. The molecular formula is C38H42N6O3. The van der Waals surface area contributed by atoms with Gasteiger partial charge in [0.15, 0.2) is 5.78 Å². The molecule has 1 atom stereocenters. The summed E-state index contributed by atoms with van der Waals surface area (Å²) in [5.74, 6) is 0.728. The van der Waals surface area contributed by atoms with Crippen molar-refractivity contribution in [2.45, 2.75) is 58.8 Å². The van der Waals surface area contributed by atoms with Crippen LogP contribution in [-0.4, -0.2) is 39.8 Å². The van der Waals surface area contributed by atoms with Gasteiger partial charge in [-0.2, -0.15) is 5.10 Å². The lowest BCUT2D eigenvalue weighted by Crippen LogP contribution is -2.34. The molecule has 9 nitrogen and oxygen atoms in total.